The van der Waals surface area contributed by atoms with Gasteiger partial charge in [0.25, 0.3) is 11.8 Å². The van der Waals surface area contributed by atoms with E-state index in [1.165, 1.54) is 23.5 Å². The molecule has 0 aliphatic carbocycles. The fourth-order valence-electron chi connectivity index (χ4n) is 7.06. The van der Waals surface area contributed by atoms with Crippen molar-refractivity contribution in [3.8, 4) is 5.75 Å². The van der Waals surface area contributed by atoms with Crippen molar-refractivity contribution < 1.29 is 35.6 Å². The minimum atomic E-state index is -3.69. The highest BCUT2D eigenvalue weighted by Gasteiger charge is 2.27. The van der Waals surface area contributed by atoms with Crippen LogP contribution in [-0.4, -0.2) is 55.0 Å². The number of furan rings is 1. The Hall–Kier alpha value is -7.21. The van der Waals surface area contributed by atoms with Gasteiger partial charge < -0.3 is 19.8 Å². The molecule has 5 aromatic heterocycles. The zero-order chi connectivity index (χ0) is 43.7. The normalized spacial score (nSPS) is 12.4. The highest BCUT2D eigenvalue weighted by Crippen LogP contribution is 2.36. The van der Waals surface area contributed by atoms with Crippen LogP contribution in [0.5, 0.6) is 5.75 Å². The number of para-hydroxylation sites is 1. The first-order valence-electron chi connectivity index (χ1n) is 19.5. The third-order valence-corrected chi connectivity index (χ3v) is 15.1. The number of benzene rings is 4. The summed E-state index contributed by atoms with van der Waals surface area (Å²) < 4.78 is 65.9. The number of hydrogen-bond acceptors (Lipinski definition) is 12. The molecule has 0 unspecified atom stereocenters. The number of carbonyl (C=O) groups is 2. The quantitative estimate of drug-likeness (QED) is 0.138. The zero-order valence-electron chi connectivity index (χ0n) is 33.4. The van der Waals surface area contributed by atoms with Gasteiger partial charge >= 0.3 is 0 Å². The first kappa shape index (κ1) is 41.2. The Labute approximate surface area is 365 Å². The second-order valence-electron chi connectivity index (χ2n) is 14.5. The van der Waals surface area contributed by atoms with E-state index >= 15 is 0 Å². The van der Waals surface area contributed by atoms with E-state index in [2.05, 4.69) is 25.7 Å². The molecule has 0 saturated carbocycles. The Morgan fingerprint density at radius 1 is 0.698 bits per heavy atom. The fourth-order valence-corrected chi connectivity index (χ4v) is 10.7. The molecule has 0 saturated heterocycles. The number of amides is 2. The number of carbonyl (C=O) groups excluding carboxylic acids is 2. The summed E-state index contributed by atoms with van der Waals surface area (Å²) in [5, 5.41) is 12.5. The molecule has 0 bridgehead atoms. The van der Waals surface area contributed by atoms with E-state index in [-0.39, 0.29) is 43.7 Å². The topological polar surface area (TPSA) is 192 Å². The molecule has 6 heterocycles. The lowest BCUT2D eigenvalue weighted by atomic mass is 10.2. The minimum absolute atomic E-state index is 0.171. The van der Waals surface area contributed by atoms with Crippen molar-refractivity contribution in [2.45, 2.75) is 39.1 Å². The molecule has 2 N–H and O–H groups in total. The number of aromatic nitrogens is 4. The molecule has 17 heteroatoms. The van der Waals surface area contributed by atoms with Crippen LogP contribution in [0.15, 0.2) is 164 Å². The lowest BCUT2D eigenvalue weighted by Crippen LogP contribution is -2.22. The molecule has 1 aliphatic rings. The molecule has 2 amide bonds. The molecule has 10 rings (SSSR count). The Kier molecular flexibility index (Phi) is 11.1. The molecule has 0 radical (unpaired) electrons. The summed E-state index contributed by atoms with van der Waals surface area (Å²) in [5.74, 6) is 0.118. The number of aryl methyl sites for hydroxylation is 1. The molecule has 1 aliphatic heterocycles. The smallest absolute Gasteiger partial charge is 0.287 e. The number of thiophene rings is 1. The molecule has 63 heavy (non-hydrogen) atoms. The SMILES string of the molecule is Cn1ncc2ccc(S(=O)(=O)c3ccc(CNC(=O)c4cc5ccncc5o4)cc3)cc21.O=C(NCc1ccc(S(=O)(=O)c2cccc3c2OCC3)cc1)c1cc2ccncc2s1. The van der Waals surface area contributed by atoms with E-state index in [1.807, 2.05) is 18.2 Å². The van der Waals surface area contributed by atoms with Gasteiger partial charge in [0.2, 0.25) is 19.7 Å². The third-order valence-electron chi connectivity index (χ3n) is 10.5. The number of sulfone groups is 2. The number of pyridine rings is 2. The third kappa shape index (κ3) is 8.40. The van der Waals surface area contributed by atoms with Crippen molar-refractivity contribution in [3.63, 3.8) is 0 Å². The van der Waals surface area contributed by atoms with Crippen LogP contribution in [0.25, 0.3) is 32.0 Å². The van der Waals surface area contributed by atoms with Crippen molar-refractivity contribution in [1.82, 2.24) is 30.4 Å². The maximum Gasteiger partial charge on any atom is 0.287 e. The summed E-state index contributed by atoms with van der Waals surface area (Å²) in [5.41, 5.74) is 3.77. The van der Waals surface area contributed by atoms with Gasteiger partial charge in [-0.2, -0.15) is 5.10 Å². The van der Waals surface area contributed by atoms with Gasteiger partial charge in [-0.15, -0.1) is 11.3 Å². The largest absolute Gasteiger partial charge is 0.492 e. The molecular weight excluding hydrogens is 861 g/mol. The van der Waals surface area contributed by atoms with E-state index in [4.69, 9.17) is 9.15 Å². The molecule has 4 aromatic carbocycles. The van der Waals surface area contributed by atoms with Crippen LogP contribution in [-0.2, 0) is 46.2 Å². The van der Waals surface area contributed by atoms with Crippen LogP contribution in [0, 0.1) is 0 Å². The monoisotopic (exact) mass is 896 g/mol. The van der Waals surface area contributed by atoms with E-state index in [0.29, 0.717) is 35.8 Å². The van der Waals surface area contributed by atoms with Crippen LogP contribution >= 0.6 is 11.3 Å². The Balaban J connectivity index is 0.000000160. The summed E-state index contributed by atoms with van der Waals surface area (Å²) in [6, 6.07) is 30.3. The summed E-state index contributed by atoms with van der Waals surface area (Å²) in [4.78, 5) is 34.3. The van der Waals surface area contributed by atoms with Gasteiger partial charge in [-0.25, -0.2) is 16.8 Å². The van der Waals surface area contributed by atoms with Crippen molar-refractivity contribution in [3.05, 3.63) is 168 Å². The van der Waals surface area contributed by atoms with Gasteiger partial charge in [-0.3, -0.25) is 24.2 Å². The predicted octanol–water partition coefficient (Wildman–Crippen LogP) is 7.47. The van der Waals surface area contributed by atoms with Gasteiger partial charge in [-0.05, 0) is 94.9 Å². The standard InChI is InChI=1S/C23H18N4O4S.C23H18N2O4S2/c1-27-20-11-19(7-4-17(20)13-26-27)32(29,30)18-5-2-15(3-6-18)12-25-23(28)21-10-16-8-9-24-14-22(16)31-21;26-23(19-12-17-8-10-24-14-20(17)30-19)25-13-15-4-6-18(7-5-15)31(27,28)21-3-1-2-16-9-11-29-22(16)21/h2-11,13-14H,12H2,1H3,(H,25,28);1-8,10,12,14H,9,11,13H2,(H,25,26). The summed E-state index contributed by atoms with van der Waals surface area (Å²) >= 11 is 1.39. The first-order chi connectivity index (χ1) is 30.4. The second-order valence-corrected chi connectivity index (χ2v) is 19.5. The average Bonchev–Trinajstić information content (AvgIpc) is 4.14. The fraction of sp³-hybridized carbons (Fsp3) is 0.109. The van der Waals surface area contributed by atoms with Crippen molar-refractivity contribution in [2.75, 3.05) is 6.61 Å². The zero-order valence-corrected chi connectivity index (χ0v) is 35.8. The van der Waals surface area contributed by atoms with Gasteiger partial charge in [0.05, 0.1) is 48.8 Å². The van der Waals surface area contributed by atoms with Crippen LogP contribution < -0.4 is 15.4 Å². The van der Waals surface area contributed by atoms with Crippen LogP contribution in [0.1, 0.15) is 36.9 Å². The number of hydrogen-bond donors (Lipinski definition) is 2. The van der Waals surface area contributed by atoms with E-state index in [0.717, 1.165) is 43.1 Å². The summed E-state index contributed by atoms with van der Waals surface area (Å²) in [6.07, 6.45) is 9.03. The average molecular weight is 897 g/mol. The Bertz CT molecular complexity index is 3350. The number of fused-ring (bicyclic) bond motifs is 4. The van der Waals surface area contributed by atoms with Crippen LogP contribution in [0.3, 0.4) is 0 Å². The van der Waals surface area contributed by atoms with E-state index < -0.39 is 19.7 Å². The molecule has 9 aromatic rings. The Morgan fingerprint density at radius 3 is 2.08 bits per heavy atom. The highest BCUT2D eigenvalue weighted by molar-refractivity contribution is 7.91. The Morgan fingerprint density at radius 2 is 1.37 bits per heavy atom. The van der Waals surface area contributed by atoms with Gasteiger partial charge in [-0.1, -0.05) is 36.4 Å². The van der Waals surface area contributed by atoms with Gasteiger partial charge in [0.1, 0.15) is 10.6 Å². The molecule has 0 fully saturated rings. The molecular formula is C46H36N6O8S3. The predicted molar refractivity (Wildman–Crippen MR) is 236 cm³/mol. The number of nitrogens with one attached hydrogen (secondary N) is 2. The number of rotatable bonds is 10. The molecule has 316 valence electrons. The van der Waals surface area contributed by atoms with Gasteiger partial charge in [0, 0.05) is 55.9 Å². The lowest BCUT2D eigenvalue weighted by Gasteiger charge is -2.10. The van der Waals surface area contributed by atoms with Crippen LogP contribution in [0.4, 0.5) is 0 Å². The van der Waals surface area contributed by atoms with Crippen molar-refractivity contribution in [1.29, 1.82) is 0 Å². The molecule has 14 nitrogen and oxygen atoms in total. The summed E-state index contributed by atoms with van der Waals surface area (Å²) in [6.45, 7) is 1.03. The van der Waals surface area contributed by atoms with Crippen molar-refractivity contribution >= 4 is 74.8 Å². The van der Waals surface area contributed by atoms with E-state index in [1.54, 1.807) is 122 Å². The van der Waals surface area contributed by atoms with E-state index in [9.17, 15) is 26.4 Å². The van der Waals surface area contributed by atoms with Gasteiger partial charge in [0.15, 0.2) is 11.3 Å². The highest BCUT2D eigenvalue weighted by atomic mass is 32.2. The second kappa shape index (κ2) is 16.9. The maximum atomic E-state index is 13.1. The van der Waals surface area contributed by atoms with Crippen molar-refractivity contribution in [2.24, 2.45) is 7.05 Å². The minimum Gasteiger partial charge on any atom is -0.492 e. The maximum absolute atomic E-state index is 13.1. The van der Waals surface area contributed by atoms with Crippen LogP contribution in [0.2, 0.25) is 0 Å². The number of nitrogens with zero attached hydrogens (tertiary/aromatic N) is 4. The first-order valence-corrected chi connectivity index (χ1v) is 23.3. The lowest BCUT2D eigenvalue weighted by molar-refractivity contribution is 0.0923. The molecule has 0 atom stereocenters. The number of ether oxygens (including phenoxy) is 1. The summed E-state index contributed by atoms with van der Waals surface area (Å²) in [7, 11) is -5.60. The molecule has 0 spiro atoms.